The van der Waals surface area contributed by atoms with E-state index in [0.29, 0.717) is 11.8 Å². The molecule has 0 bridgehead atoms. The van der Waals surface area contributed by atoms with Gasteiger partial charge in [0.15, 0.2) is 0 Å². The van der Waals surface area contributed by atoms with Crippen LogP contribution in [0.5, 0.6) is 0 Å². The summed E-state index contributed by atoms with van der Waals surface area (Å²) in [5, 5.41) is 21.8. The molecule has 0 radical (unpaired) electrons. The third-order valence-electron chi connectivity index (χ3n) is 2.60. The molecule has 0 aliphatic carbocycles. The quantitative estimate of drug-likeness (QED) is 0.796. The van der Waals surface area contributed by atoms with Crippen LogP contribution in [0.3, 0.4) is 0 Å². The van der Waals surface area contributed by atoms with Crippen molar-refractivity contribution in [3.8, 4) is 0 Å². The van der Waals surface area contributed by atoms with E-state index in [4.69, 9.17) is 0 Å². The summed E-state index contributed by atoms with van der Waals surface area (Å²) in [6.45, 7) is 5.25. The Morgan fingerprint density at radius 1 is 1.41 bits per heavy atom. The minimum atomic E-state index is 0.476. The van der Waals surface area contributed by atoms with Gasteiger partial charge in [-0.1, -0.05) is 13.8 Å². The van der Waals surface area contributed by atoms with E-state index >= 15 is 0 Å². The molecule has 1 unspecified atom stereocenters. The Balaban J connectivity index is 1.97. The molecule has 0 saturated heterocycles. The van der Waals surface area contributed by atoms with Crippen molar-refractivity contribution in [2.75, 3.05) is 0 Å². The highest BCUT2D eigenvalue weighted by Gasteiger charge is 2.14. The van der Waals surface area contributed by atoms with Gasteiger partial charge >= 0.3 is 0 Å². The number of aromatic nitrogens is 7. The molecule has 0 aromatic carbocycles. The van der Waals surface area contributed by atoms with Gasteiger partial charge in [-0.15, -0.1) is 5.10 Å². The van der Waals surface area contributed by atoms with Crippen molar-refractivity contribution in [3.63, 3.8) is 0 Å². The average molecular weight is 235 g/mol. The number of H-pyrrole nitrogens is 1. The molecule has 17 heavy (non-hydrogen) atoms. The number of hydrogen-bond acceptors (Lipinski definition) is 5. The number of nitrogens with zero attached hydrogens (tertiary/aromatic N) is 6. The number of hydrogen-bond donors (Lipinski definition) is 1. The maximum atomic E-state index is 4.10. The Morgan fingerprint density at radius 3 is 2.88 bits per heavy atom. The van der Waals surface area contributed by atoms with Gasteiger partial charge in [0.1, 0.15) is 6.33 Å². The summed E-state index contributed by atoms with van der Waals surface area (Å²) in [6.07, 6.45) is 5.43. The van der Waals surface area contributed by atoms with Gasteiger partial charge in [-0.2, -0.15) is 15.4 Å². The molecule has 2 heterocycles. The summed E-state index contributed by atoms with van der Waals surface area (Å²) >= 11 is 0. The highest BCUT2D eigenvalue weighted by Crippen LogP contribution is 2.17. The van der Waals surface area contributed by atoms with Crippen molar-refractivity contribution < 1.29 is 0 Å². The molecule has 2 aromatic heterocycles. The molecule has 92 valence electrons. The molecule has 0 spiro atoms. The maximum Gasteiger partial charge on any atom is 0.138 e. The van der Waals surface area contributed by atoms with Crippen LogP contribution in [-0.2, 0) is 13.0 Å². The van der Waals surface area contributed by atoms with E-state index in [1.165, 1.54) is 0 Å². The van der Waals surface area contributed by atoms with Crippen LogP contribution in [0.15, 0.2) is 12.5 Å². The molecule has 1 N–H and O–H groups in total. The van der Waals surface area contributed by atoms with E-state index in [1.54, 1.807) is 17.2 Å². The van der Waals surface area contributed by atoms with Gasteiger partial charge in [-0.05, 0) is 35.1 Å². The van der Waals surface area contributed by atoms with Crippen molar-refractivity contribution in [2.24, 2.45) is 11.8 Å². The number of rotatable bonds is 6. The fraction of sp³-hybridized carbons (Fsp3) is 0.700. The zero-order chi connectivity index (χ0) is 12.1. The van der Waals surface area contributed by atoms with Crippen LogP contribution in [0.25, 0.3) is 0 Å². The minimum absolute atomic E-state index is 0.476. The minimum Gasteiger partial charge on any atom is -0.232 e. The molecule has 0 aliphatic heterocycles. The van der Waals surface area contributed by atoms with Gasteiger partial charge in [0, 0.05) is 6.54 Å². The first-order chi connectivity index (χ1) is 8.24. The van der Waals surface area contributed by atoms with Crippen molar-refractivity contribution in [2.45, 2.75) is 33.2 Å². The van der Waals surface area contributed by atoms with Crippen LogP contribution in [-0.4, -0.2) is 35.6 Å². The molecule has 0 amide bonds. The van der Waals surface area contributed by atoms with Gasteiger partial charge in [-0.3, -0.25) is 0 Å². The van der Waals surface area contributed by atoms with Gasteiger partial charge in [0.05, 0.1) is 11.9 Å². The van der Waals surface area contributed by atoms with E-state index < -0.39 is 0 Å². The Morgan fingerprint density at radius 2 is 2.29 bits per heavy atom. The molecule has 7 heteroatoms. The predicted octanol–water partition coefficient (Wildman–Crippen LogP) is 0.696. The standard InChI is InChI=1S/C10H17N7/c1-8(2)3-9(4-10-5-11-14-13-10)6-17-7-12-15-16-17/h5,7-9H,3-4,6H2,1-2H3,(H,11,13,14). The first-order valence-electron chi connectivity index (χ1n) is 5.79. The van der Waals surface area contributed by atoms with Crippen molar-refractivity contribution in [1.29, 1.82) is 0 Å². The van der Waals surface area contributed by atoms with Gasteiger partial charge in [0.2, 0.25) is 0 Å². The average Bonchev–Trinajstić information content (AvgIpc) is 2.89. The van der Waals surface area contributed by atoms with Gasteiger partial charge in [0.25, 0.3) is 0 Å². The molecular formula is C10H17N7. The smallest absolute Gasteiger partial charge is 0.138 e. The number of nitrogens with one attached hydrogen (secondary N) is 1. The lowest BCUT2D eigenvalue weighted by atomic mass is 9.93. The molecule has 0 aliphatic rings. The fourth-order valence-corrected chi connectivity index (χ4v) is 2.04. The predicted molar refractivity (Wildman–Crippen MR) is 60.8 cm³/mol. The SMILES string of the molecule is CC(C)CC(Cc1cn[nH]n1)Cn1cnnn1. The highest BCUT2D eigenvalue weighted by atomic mass is 15.5. The summed E-state index contributed by atoms with van der Waals surface area (Å²) in [7, 11) is 0. The second kappa shape index (κ2) is 5.51. The lowest BCUT2D eigenvalue weighted by Crippen LogP contribution is -2.16. The van der Waals surface area contributed by atoms with E-state index in [0.717, 1.165) is 25.1 Å². The summed E-state index contributed by atoms with van der Waals surface area (Å²) < 4.78 is 1.77. The monoisotopic (exact) mass is 235 g/mol. The van der Waals surface area contributed by atoms with Crippen LogP contribution in [0.2, 0.25) is 0 Å². The molecule has 2 rings (SSSR count). The molecule has 2 aromatic rings. The van der Waals surface area contributed by atoms with Crippen molar-refractivity contribution in [1.82, 2.24) is 35.6 Å². The molecule has 7 nitrogen and oxygen atoms in total. The zero-order valence-corrected chi connectivity index (χ0v) is 10.1. The molecular weight excluding hydrogens is 218 g/mol. The summed E-state index contributed by atoms with van der Waals surface area (Å²) in [5.74, 6) is 1.12. The first kappa shape index (κ1) is 11.7. The summed E-state index contributed by atoms with van der Waals surface area (Å²) in [6, 6.07) is 0. The maximum absolute atomic E-state index is 4.10. The number of tetrazole rings is 1. The lowest BCUT2D eigenvalue weighted by Gasteiger charge is -2.17. The van der Waals surface area contributed by atoms with E-state index in [2.05, 4.69) is 44.8 Å². The third kappa shape index (κ3) is 3.61. The van der Waals surface area contributed by atoms with Gasteiger partial charge in [-0.25, -0.2) is 4.68 Å². The Labute approximate surface area is 99.6 Å². The van der Waals surface area contributed by atoms with E-state index in [9.17, 15) is 0 Å². The van der Waals surface area contributed by atoms with Crippen LogP contribution >= 0.6 is 0 Å². The van der Waals surface area contributed by atoms with Crippen LogP contribution < -0.4 is 0 Å². The fourth-order valence-electron chi connectivity index (χ4n) is 2.04. The Bertz CT molecular complexity index is 370. The zero-order valence-electron chi connectivity index (χ0n) is 10.1. The van der Waals surface area contributed by atoms with E-state index in [-0.39, 0.29) is 0 Å². The van der Waals surface area contributed by atoms with Crippen LogP contribution in [0.1, 0.15) is 26.0 Å². The molecule has 0 saturated carbocycles. The second-order valence-electron chi connectivity index (χ2n) is 4.69. The van der Waals surface area contributed by atoms with E-state index in [1.807, 2.05) is 0 Å². The van der Waals surface area contributed by atoms with Crippen molar-refractivity contribution in [3.05, 3.63) is 18.2 Å². The summed E-state index contributed by atoms with van der Waals surface area (Å²) in [4.78, 5) is 0. The Kier molecular flexibility index (Phi) is 3.79. The highest BCUT2D eigenvalue weighted by molar-refractivity contribution is 4.92. The van der Waals surface area contributed by atoms with Crippen LogP contribution in [0.4, 0.5) is 0 Å². The topological polar surface area (TPSA) is 85.2 Å². The number of aromatic amines is 1. The summed E-state index contributed by atoms with van der Waals surface area (Å²) in [5.41, 5.74) is 0.990. The van der Waals surface area contributed by atoms with Crippen molar-refractivity contribution >= 4 is 0 Å². The largest absolute Gasteiger partial charge is 0.232 e. The first-order valence-corrected chi connectivity index (χ1v) is 5.79. The Hall–Kier alpha value is -1.79. The molecule has 1 atom stereocenters. The van der Waals surface area contributed by atoms with Crippen LogP contribution in [0, 0.1) is 11.8 Å². The molecule has 0 fully saturated rings. The third-order valence-corrected chi connectivity index (χ3v) is 2.60. The normalized spacial score (nSPS) is 13.1. The lowest BCUT2D eigenvalue weighted by molar-refractivity contribution is 0.340. The second-order valence-corrected chi connectivity index (χ2v) is 4.69. The van der Waals surface area contributed by atoms with Gasteiger partial charge < -0.3 is 0 Å².